The van der Waals surface area contributed by atoms with E-state index in [1.165, 1.54) is 0 Å². The van der Waals surface area contributed by atoms with Crippen LogP contribution in [0.3, 0.4) is 0 Å². The molecule has 1 N–H and O–H groups in total. The Bertz CT molecular complexity index is 694. The molecule has 3 rings (SSSR count). The molecule has 0 aromatic carbocycles. The Labute approximate surface area is 145 Å². The van der Waals surface area contributed by atoms with Gasteiger partial charge in [-0.05, 0) is 32.6 Å². The smallest absolute Gasteiger partial charge is 0.326 e. The van der Waals surface area contributed by atoms with Crippen LogP contribution < -0.4 is 5.32 Å². The first-order valence-electron chi connectivity index (χ1n) is 8.56. The molecule has 136 valence electrons. The lowest BCUT2D eigenvalue weighted by molar-refractivity contribution is -0.149. The first-order chi connectivity index (χ1) is 11.8. The number of carbonyl (C=O) groups excluding carboxylic acids is 3. The molecule has 1 saturated heterocycles. The van der Waals surface area contributed by atoms with E-state index in [2.05, 4.69) is 10.5 Å². The average Bonchev–Trinajstić information content (AvgIpc) is 3.01. The molecule has 2 heterocycles. The molecule has 0 radical (unpaired) electrons. The molecule has 1 spiro atoms. The van der Waals surface area contributed by atoms with Crippen molar-refractivity contribution in [2.45, 2.75) is 58.6 Å². The van der Waals surface area contributed by atoms with Gasteiger partial charge in [0.25, 0.3) is 5.91 Å². The predicted octanol–water partition coefficient (Wildman–Crippen LogP) is 1.84. The Hall–Kier alpha value is -2.38. The summed E-state index contributed by atoms with van der Waals surface area (Å²) < 4.78 is 10.2. The van der Waals surface area contributed by atoms with Crippen molar-refractivity contribution < 1.29 is 23.6 Å². The van der Waals surface area contributed by atoms with Crippen LogP contribution in [0.5, 0.6) is 0 Å². The molecule has 3 amide bonds. The normalized spacial score (nSPS) is 26.2. The number of nitrogens with zero attached hydrogens (tertiary/aromatic N) is 2. The first kappa shape index (κ1) is 17.4. The van der Waals surface area contributed by atoms with Crippen molar-refractivity contribution >= 4 is 17.9 Å². The van der Waals surface area contributed by atoms with Crippen LogP contribution in [-0.2, 0) is 20.9 Å². The van der Waals surface area contributed by atoms with E-state index < -0.39 is 17.5 Å². The summed E-state index contributed by atoms with van der Waals surface area (Å²) in [4.78, 5) is 38.1. The molecule has 8 heteroatoms. The van der Waals surface area contributed by atoms with E-state index in [4.69, 9.17) is 9.26 Å². The Morgan fingerprint density at radius 3 is 2.80 bits per heavy atom. The van der Waals surface area contributed by atoms with Crippen molar-refractivity contribution in [3.63, 3.8) is 0 Å². The van der Waals surface area contributed by atoms with Crippen LogP contribution in [0.4, 0.5) is 4.79 Å². The minimum absolute atomic E-state index is 0.00515. The van der Waals surface area contributed by atoms with Gasteiger partial charge < -0.3 is 14.6 Å². The zero-order chi connectivity index (χ0) is 18.2. The molecule has 0 bridgehead atoms. The van der Waals surface area contributed by atoms with E-state index in [1.807, 2.05) is 6.92 Å². The second-order valence-electron chi connectivity index (χ2n) is 6.90. The predicted molar refractivity (Wildman–Crippen MR) is 86.4 cm³/mol. The molecule has 1 saturated carbocycles. The van der Waals surface area contributed by atoms with E-state index in [0.29, 0.717) is 23.4 Å². The summed E-state index contributed by atoms with van der Waals surface area (Å²) in [5.41, 5.74) is 0.482. The molecule has 1 aliphatic heterocycles. The van der Waals surface area contributed by atoms with Gasteiger partial charge in [0, 0.05) is 0 Å². The fraction of sp³-hybridized carbons (Fsp3) is 0.647. The highest BCUT2D eigenvalue weighted by Gasteiger charge is 2.55. The number of aryl methyl sites for hydroxylation is 2. The third-order valence-corrected chi connectivity index (χ3v) is 5.35. The van der Waals surface area contributed by atoms with Crippen LogP contribution in [0, 0.1) is 19.8 Å². The number of hydrogen-bond donors (Lipinski definition) is 1. The number of carbonyl (C=O) groups is 3. The lowest BCUT2D eigenvalue weighted by atomic mass is 9.73. The third-order valence-electron chi connectivity index (χ3n) is 5.35. The van der Waals surface area contributed by atoms with Gasteiger partial charge in [0.2, 0.25) is 0 Å². The minimum atomic E-state index is -0.864. The van der Waals surface area contributed by atoms with Gasteiger partial charge in [0.1, 0.15) is 24.5 Å². The Balaban J connectivity index is 1.63. The Morgan fingerprint density at radius 2 is 2.16 bits per heavy atom. The highest BCUT2D eigenvalue weighted by molar-refractivity contribution is 6.08. The maximum absolute atomic E-state index is 12.8. The van der Waals surface area contributed by atoms with Crippen molar-refractivity contribution in [2.24, 2.45) is 5.92 Å². The van der Waals surface area contributed by atoms with Gasteiger partial charge in [-0.25, -0.2) is 4.79 Å². The van der Waals surface area contributed by atoms with Crippen LogP contribution in [0.1, 0.15) is 49.6 Å². The van der Waals surface area contributed by atoms with Gasteiger partial charge in [-0.1, -0.05) is 24.9 Å². The number of hydrogen-bond acceptors (Lipinski definition) is 6. The monoisotopic (exact) mass is 349 g/mol. The van der Waals surface area contributed by atoms with Crippen LogP contribution >= 0.6 is 0 Å². The Morgan fingerprint density at radius 1 is 1.40 bits per heavy atom. The topological polar surface area (TPSA) is 102 Å². The fourth-order valence-electron chi connectivity index (χ4n) is 3.67. The summed E-state index contributed by atoms with van der Waals surface area (Å²) in [6.45, 7) is 5.07. The molecule has 1 aromatic heterocycles. The lowest BCUT2D eigenvalue weighted by Gasteiger charge is -2.36. The average molecular weight is 349 g/mol. The van der Waals surface area contributed by atoms with E-state index in [-0.39, 0.29) is 25.0 Å². The standard InChI is InChI=1S/C17H23N3O5/c1-10-6-4-5-7-17(10)15(22)20(16(23)18-17)8-14(21)24-9-13-11(2)19-25-12(13)3/h10H,4-9H2,1-3H3,(H,18,23)/t10-,17+/m1/s1. The van der Waals surface area contributed by atoms with Gasteiger partial charge in [0.15, 0.2) is 0 Å². The van der Waals surface area contributed by atoms with Crippen LogP contribution in [0.25, 0.3) is 0 Å². The fourth-order valence-corrected chi connectivity index (χ4v) is 3.67. The Kier molecular flexibility index (Phi) is 4.53. The van der Waals surface area contributed by atoms with Crippen molar-refractivity contribution in [1.29, 1.82) is 0 Å². The van der Waals surface area contributed by atoms with Crippen LogP contribution in [-0.4, -0.2) is 40.0 Å². The van der Waals surface area contributed by atoms with E-state index >= 15 is 0 Å². The summed E-state index contributed by atoms with van der Waals surface area (Å²) in [6, 6.07) is -0.520. The zero-order valence-corrected chi connectivity index (χ0v) is 14.8. The summed E-state index contributed by atoms with van der Waals surface area (Å²) in [5, 5.41) is 6.61. The molecular formula is C17H23N3O5. The van der Waals surface area contributed by atoms with Gasteiger partial charge in [0.05, 0.1) is 11.3 Å². The van der Waals surface area contributed by atoms with E-state index in [0.717, 1.165) is 24.2 Å². The van der Waals surface area contributed by atoms with Crippen molar-refractivity contribution in [3.8, 4) is 0 Å². The van der Waals surface area contributed by atoms with Gasteiger partial charge >= 0.3 is 12.0 Å². The maximum atomic E-state index is 12.8. The maximum Gasteiger partial charge on any atom is 0.326 e. The number of aromatic nitrogens is 1. The molecule has 25 heavy (non-hydrogen) atoms. The highest BCUT2D eigenvalue weighted by Crippen LogP contribution is 2.38. The second kappa shape index (κ2) is 6.50. The van der Waals surface area contributed by atoms with Gasteiger partial charge in [-0.2, -0.15) is 0 Å². The van der Waals surface area contributed by atoms with Crippen LogP contribution in [0.2, 0.25) is 0 Å². The highest BCUT2D eigenvalue weighted by atomic mass is 16.5. The lowest BCUT2D eigenvalue weighted by Crippen LogP contribution is -2.54. The summed E-state index contributed by atoms with van der Waals surface area (Å²) >= 11 is 0. The molecule has 1 aliphatic carbocycles. The van der Waals surface area contributed by atoms with Crippen molar-refractivity contribution in [3.05, 3.63) is 17.0 Å². The third kappa shape index (κ3) is 3.01. The number of amides is 3. The number of rotatable bonds is 4. The summed E-state index contributed by atoms with van der Waals surface area (Å²) in [7, 11) is 0. The van der Waals surface area contributed by atoms with Crippen molar-refractivity contribution in [2.75, 3.05) is 6.54 Å². The molecule has 2 atom stereocenters. The number of ether oxygens (including phenoxy) is 1. The largest absolute Gasteiger partial charge is 0.459 e. The molecule has 2 fully saturated rings. The molecule has 2 aliphatic rings. The number of esters is 1. The minimum Gasteiger partial charge on any atom is -0.459 e. The number of imide groups is 1. The van der Waals surface area contributed by atoms with Crippen molar-refractivity contribution in [1.82, 2.24) is 15.4 Å². The quantitative estimate of drug-likeness (QED) is 0.657. The second-order valence-corrected chi connectivity index (χ2v) is 6.90. The van der Waals surface area contributed by atoms with Gasteiger partial charge in [-0.3, -0.25) is 14.5 Å². The number of nitrogens with one attached hydrogen (secondary N) is 1. The summed E-state index contributed by atoms with van der Waals surface area (Å²) in [6.07, 6.45) is 3.44. The van der Waals surface area contributed by atoms with E-state index in [9.17, 15) is 14.4 Å². The van der Waals surface area contributed by atoms with Gasteiger partial charge in [-0.15, -0.1) is 0 Å². The molecule has 0 unspecified atom stereocenters. The summed E-state index contributed by atoms with van der Waals surface area (Å²) in [5.74, 6) is -0.320. The first-order valence-corrected chi connectivity index (χ1v) is 8.56. The molecule has 1 aromatic rings. The molecule has 8 nitrogen and oxygen atoms in total. The van der Waals surface area contributed by atoms with E-state index in [1.54, 1.807) is 13.8 Å². The number of urea groups is 1. The zero-order valence-electron chi connectivity index (χ0n) is 14.8. The van der Waals surface area contributed by atoms with Crippen LogP contribution in [0.15, 0.2) is 4.52 Å². The molecular weight excluding hydrogens is 326 g/mol. The SMILES string of the molecule is Cc1noc(C)c1COC(=O)CN1C(=O)N[C@]2(CCCC[C@H]2C)C1=O.